The second kappa shape index (κ2) is 5.19. The molecule has 0 atom stereocenters. The summed E-state index contributed by atoms with van der Waals surface area (Å²) in [7, 11) is 0. The lowest BCUT2D eigenvalue weighted by molar-refractivity contribution is -0.0327. The average Bonchev–Trinajstić information content (AvgIpc) is 2.64. The predicted octanol–water partition coefficient (Wildman–Crippen LogP) is 1.20. The number of unbranched alkanes of at least 4 members (excludes halogenated alkanes) is 1. The number of hydrogen-bond acceptors (Lipinski definition) is 4. The molecular formula is C13H14N2O4. The fourth-order valence-electron chi connectivity index (χ4n) is 1.85. The van der Waals surface area contributed by atoms with E-state index in [2.05, 4.69) is 5.32 Å². The van der Waals surface area contributed by atoms with Crippen LogP contribution >= 0.6 is 0 Å². The monoisotopic (exact) mass is 262 g/mol. The number of amides is 3. The molecule has 1 aromatic carbocycles. The summed E-state index contributed by atoms with van der Waals surface area (Å²) >= 11 is 0. The summed E-state index contributed by atoms with van der Waals surface area (Å²) in [4.78, 5) is 34.8. The molecule has 19 heavy (non-hydrogen) atoms. The van der Waals surface area contributed by atoms with Gasteiger partial charge in [0.2, 0.25) is 0 Å². The van der Waals surface area contributed by atoms with Crippen molar-refractivity contribution in [2.75, 3.05) is 6.54 Å². The fraction of sp³-hybridized carbons (Fsp3) is 0.308. The minimum absolute atomic E-state index is 0.0515. The van der Waals surface area contributed by atoms with Crippen LogP contribution in [0.5, 0.6) is 0 Å². The first-order chi connectivity index (χ1) is 9.06. The molecule has 0 saturated carbocycles. The van der Waals surface area contributed by atoms with Gasteiger partial charge in [-0.25, -0.2) is 0 Å². The quantitative estimate of drug-likeness (QED) is 0.485. The molecular weight excluding hydrogens is 248 g/mol. The number of nitrogens with zero attached hydrogens (tertiary/aromatic N) is 1. The van der Waals surface area contributed by atoms with Gasteiger partial charge < -0.3 is 5.32 Å². The Labute approximate surface area is 110 Å². The van der Waals surface area contributed by atoms with E-state index in [1.165, 1.54) is 18.2 Å². The minimum atomic E-state index is -0.803. The highest BCUT2D eigenvalue weighted by molar-refractivity contribution is 6.21. The molecule has 1 aromatic rings. The zero-order chi connectivity index (χ0) is 14.0. The number of fused-ring (bicyclic) bond motifs is 1. The Morgan fingerprint density at radius 2 is 1.95 bits per heavy atom. The van der Waals surface area contributed by atoms with Crippen LogP contribution in [0.3, 0.4) is 0 Å². The molecule has 1 aliphatic rings. The third kappa shape index (κ3) is 2.34. The first kappa shape index (κ1) is 13.2. The highest BCUT2D eigenvalue weighted by Gasteiger charge is 2.35. The molecule has 0 bridgehead atoms. The Bertz CT molecular complexity index is 554. The van der Waals surface area contributed by atoms with Gasteiger partial charge in [0.25, 0.3) is 17.7 Å². The van der Waals surface area contributed by atoms with Crippen LogP contribution in [0, 0.1) is 0 Å². The Morgan fingerprint density at radius 3 is 2.63 bits per heavy atom. The van der Waals surface area contributed by atoms with E-state index < -0.39 is 11.8 Å². The Hall–Kier alpha value is -2.21. The number of hydroxylamine groups is 2. The summed E-state index contributed by atoms with van der Waals surface area (Å²) in [6.45, 7) is 2.58. The van der Waals surface area contributed by atoms with Crippen molar-refractivity contribution < 1.29 is 19.6 Å². The van der Waals surface area contributed by atoms with Crippen molar-refractivity contribution in [1.82, 2.24) is 10.4 Å². The lowest BCUT2D eigenvalue weighted by Gasteiger charge is -2.04. The van der Waals surface area contributed by atoms with Gasteiger partial charge in [0, 0.05) is 12.1 Å². The summed E-state index contributed by atoms with van der Waals surface area (Å²) in [5.74, 6) is -1.87. The van der Waals surface area contributed by atoms with E-state index in [-0.39, 0.29) is 22.1 Å². The Morgan fingerprint density at radius 1 is 1.26 bits per heavy atom. The van der Waals surface area contributed by atoms with Crippen molar-refractivity contribution in [3.8, 4) is 0 Å². The van der Waals surface area contributed by atoms with Gasteiger partial charge in [-0.2, -0.15) is 0 Å². The van der Waals surface area contributed by atoms with Gasteiger partial charge in [0.05, 0.1) is 11.1 Å². The van der Waals surface area contributed by atoms with Gasteiger partial charge in [-0.1, -0.05) is 13.3 Å². The van der Waals surface area contributed by atoms with Crippen LogP contribution in [0.4, 0.5) is 0 Å². The summed E-state index contributed by atoms with van der Waals surface area (Å²) in [5, 5.41) is 12.0. The van der Waals surface area contributed by atoms with Crippen molar-refractivity contribution in [2.24, 2.45) is 0 Å². The van der Waals surface area contributed by atoms with E-state index in [0.717, 1.165) is 12.8 Å². The average molecular weight is 262 g/mol. The molecule has 0 aliphatic carbocycles. The maximum Gasteiger partial charge on any atom is 0.285 e. The largest absolute Gasteiger partial charge is 0.352 e. The molecule has 0 spiro atoms. The van der Waals surface area contributed by atoms with E-state index in [1.54, 1.807) is 0 Å². The third-order valence-electron chi connectivity index (χ3n) is 2.94. The summed E-state index contributed by atoms with van der Waals surface area (Å²) in [6, 6.07) is 4.16. The smallest absolute Gasteiger partial charge is 0.285 e. The third-order valence-corrected chi connectivity index (χ3v) is 2.94. The van der Waals surface area contributed by atoms with Gasteiger partial charge in [-0.05, 0) is 24.6 Å². The van der Waals surface area contributed by atoms with Gasteiger partial charge in [-0.3, -0.25) is 19.6 Å². The van der Waals surface area contributed by atoms with Crippen molar-refractivity contribution in [1.29, 1.82) is 0 Å². The van der Waals surface area contributed by atoms with Gasteiger partial charge in [0.15, 0.2) is 0 Å². The number of nitrogens with one attached hydrogen (secondary N) is 1. The summed E-state index contributed by atoms with van der Waals surface area (Å²) < 4.78 is 0. The van der Waals surface area contributed by atoms with Crippen LogP contribution in [0.2, 0.25) is 0 Å². The molecule has 0 fully saturated rings. The van der Waals surface area contributed by atoms with E-state index in [4.69, 9.17) is 0 Å². The number of rotatable bonds is 4. The van der Waals surface area contributed by atoms with Crippen LogP contribution in [-0.4, -0.2) is 34.5 Å². The molecule has 2 N–H and O–H groups in total. The maximum absolute atomic E-state index is 11.8. The summed E-state index contributed by atoms with van der Waals surface area (Å²) in [5.41, 5.74) is 0.458. The fourth-order valence-corrected chi connectivity index (χ4v) is 1.85. The maximum atomic E-state index is 11.8. The number of carbonyl (C=O) groups excluding carboxylic acids is 3. The molecule has 0 radical (unpaired) electrons. The highest BCUT2D eigenvalue weighted by Crippen LogP contribution is 2.22. The second-order valence-electron chi connectivity index (χ2n) is 4.29. The Kier molecular flexibility index (Phi) is 3.62. The van der Waals surface area contributed by atoms with E-state index in [0.29, 0.717) is 12.1 Å². The van der Waals surface area contributed by atoms with Crippen LogP contribution in [0.1, 0.15) is 50.8 Å². The number of imide groups is 1. The van der Waals surface area contributed by atoms with Crippen LogP contribution in [0.15, 0.2) is 18.2 Å². The molecule has 6 nitrogen and oxygen atoms in total. The summed E-state index contributed by atoms with van der Waals surface area (Å²) in [6.07, 6.45) is 1.84. The molecule has 2 rings (SSSR count). The number of benzene rings is 1. The molecule has 1 heterocycles. The van der Waals surface area contributed by atoms with Crippen LogP contribution in [-0.2, 0) is 0 Å². The minimum Gasteiger partial charge on any atom is -0.352 e. The first-order valence-electron chi connectivity index (χ1n) is 6.06. The van der Waals surface area contributed by atoms with Gasteiger partial charge in [0.1, 0.15) is 0 Å². The molecule has 3 amide bonds. The van der Waals surface area contributed by atoms with Gasteiger partial charge >= 0.3 is 0 Å². The normalized spacial score (nSPS) is 13.7. The van der Waals surface area contributed by atoms with E-state index in [9.17, 15) is 19.6 Å². The molecule has 0 saturated heterocycles. The highest BCUT2D eigenvalue weighted by atomic mass is 16.5. The lowest BCUT2D eigenvalue weighted by Crippen LogP contribution is -2.25. The van der Waals surface area contributed by atoms with Gasteiger partial charge in [-0.15, -0.1) is 5.06 Å². The van der Waals surface area contributed by atoms with E-state index >= 15 is 0 Å². The lowest BCUT2D eigenvalue weighted by atomic mass is 10.1. The molecule has 0 unspecified atom stereocenters. The topological polar surface area (TPSA) is 86.7 Å². The number of carbonyl (C=O) groups is 3. The zero-order valence-corrected chi connectivity index (χ0v) is 10.5. The second-order valence-corrected chi connectivity index (χ2v) is 4.29. The SMILES string of the molecule is CCCCNC(=O)c1ccc2c(c1)C(=O)N(O)C2=O. The molecule has 1 aliphatic heterocycles. The predicted molar refractivity (Wildman–Crippen MR) is 66.0 cm³/mol. The Balaban J connectivity index is 2.21. The zero-order valence-electron chi connectivity index (χ0n) is 10.5. The molecule has 0 aromatic heterocycles. The first-order valence-corrected chi connectivity index (χ1v) is 6.06. The van der Waals surface area contributed by atoms with Crippen molar-refractivity contribution in [3.05, 3.63) is 34.9 Å². The van der Waals surface area contributed by atoms with Crippen molar-refractivity contribution in [2.45, 2.75) is 19.8 Å². The molecule has 6 heteroatoms. The van der Waals surface area contributed by atoms with Crippen molar-refractivity contribution >= 4 is 17.7 Å². The standard InChI is InChI=1S/C13H14N2O4/c1-2-3-6-14-11(16)8-4-5-9-10(7-8)13(18)15(19)12(9)17/h4-5,7,19H,2-3,6H2,1H3,(H,14,16). The number of hydrogen-bond donors (Lipinski definition) is 2. The van der Waals surface area contributed by atoms with Crippen LogP contribution < -0.4 is 5.32 Å². The molecule has 100 valence electrons. The van der Waals surface area contributed by atoms with Crippen molar-refractivity contribution in [3.63, 3.8) is 0 Å². The van der Waals surface area contributed by atoms with Crippen LogP contribution in [0.25, 0.3) is 0 Å². The van der Waals surface area contributed by atoms with E-state index in [1.807, 2.05) is 6.92 Å².